The maximum atomic E-state index is 11.1. The first-order valence-corrected chi connectivity index (χ1v) is 5.25. The highest BCUT2D eigenvalue weighted by Crippen LogP contribution is 2.06. The average molecular weight is 209 g/mol. The Kier molecular flexibility index (Phi) is 8.84. The fourth-order valence-electron chi connectivity index (χ4n) is 0.754. The Labute approximate surface area is 93.8 Å². The molecule has 0 unspecified atom stereocenters. The van der Waals surface area contributed by atoms with Crippen molar-refractivity contribution in [3.05, 3.63) is 23.4 Å². The van der Waals surface area contributed by atoms with Gasteiger partial charge in [0, 0.05) is 12.6 Å². The van der Waals surface area contributed by atoms with Crippen LogP contribution in [0, 0.1) is 0 Å². The Morgan fingerprint density at radius 3 is 1.60 bits per heavy atom. The zero-order valence-corrected chi connectivity index (χ0v) is 11.1. The summed E-state index contributed by atoms with van der Waals surface area (Å²) in [4.78, 5) is 15.4. The molecule has 2 nitrogen and oxygen atoms in total. The number of nitrogens with zero attached hydrogens (tertiary/aromatic N) is 1. The number of hydrogen-bond donors (Lipinski definition) is 0. The number of Topliss-reactive ketones (excluding diaryl/α,β-unsaturated/α-hetero) is 1. The summed E-state index contributed by atoms with van der Waals surface area (Å²) < 4.78 is 0. The highest BCUT2D eigenvalue weighted by molar-refractivity contribution is 6.45. The number of rotatable bonds is 3. The zero-order valence-electron chi connectivity index (χ0n) is 11.1. The van der Waals surface area contributed by atoms with Crippen molar-refractivity contribution in [1.82, 2.24) is 0 Å². The van der Waals surface area contributed by atoms with Crippen LogP contribution in [0.15, 0.2) is 28.4 Å². The summed E-state index contributed by atoms with van der Waals surface area (Å²) >= 11 is 0. The van der Waals surface area contributed by atoms with Crippen molar-refractivity contribution in [2.75, 3.05) is 0 Å². The van der Waals surface area contributed by atoms with Crippen LogP contribution in [0.3, 0.4) is 0 Å². The summed E-state index contributed by atoms with van der Waals surface area (Å²) in [5.41, 5.74) is 3.18. The standard InChI is InChI=1S/C11H17NO.C2H6/c1-7(2)9(5)12-11(8(3)4)10(6)13;1-2/h3H2,1-2,4-6H3;1-2H3. The minimum atomic E-state index is -0.0342. The SMILES string of the molecule is C=C(C)C(=NC(C)=C(C)C)C(C)=O.CC. The molecule has 0 fully saturated rings. The lowest BCUT2D eigenvalue weighted by atomic mass is 10.1. The first kappa shape index (κ1) is 16.3. The summed E-state index contributed by atoms with van der Waals surface area (Å²) in [5, 5.41) is 0. The lowest BCUT2D eigenvalue weighted by Crippen LogP contribution is -2.10. The van der Waals surface area contributed by atoms with Gasteiger partial charge in [0.2, 0.25) is 0 Å². The van der Waals surface area contributed by atoms with Crippen molar-refractivity contribution in [3.8, 4) is 0 Å². The highest BCUT2D eigenvalue weighted by atomic mass is 16.1. The molecule has 0 atom stereocenters. The first-order valence-electron chi connectivity index (χ1n) is 5.25. The predicted molar refractivity (Wildman–Crippen MR) is 68.3 cm³/mol. The number of aliphatic imine (C=N–C) groups is 1. The molecule has 0 saturated heterocycles. The van der Waals surface area contributed by atoms with E-state index in [4.69, 9.17) is 0 Å². The maximum Gasteiger partial charge on any atom is 0.178 e. The van der Waals surface area contributed by atoms with Gasteiger partial charge in [-0.3, -0.25) is 4.79 Å². The smallest absolute Gasteiger partial charge is 0.178 e. The Balaban J connectivity index is 0. The Hall–Kier alpha value is -1.18. The molecule has 86 valence electrons. The molecule has 0 heterocycles. The maximum absolute atomic E-state index is 11.1. The second kappa shape index (κ2) is 8.16. The van der Waals surface area contributed by atoms with Gasteiger partial charge in [-0.15, -0.1) is 0 Å². The van der Waals surface area contributed by atoms with Gasteiger partial charge in [-0.05, 0) is 33.3 Å². The molecular weight excluding hydrogens is 186 g/mol. The lowest BCUT2D eigenvalue weighted by molar-refractivity contribution is -0.111. The predicted octanol–water partition coefficient (Wildman–Crippen LogP) is 3.93. The van der Waals surface area contributed by atoms with Crippen LogP contribution in [0.25, 0.3) is 0 Å². The fourth-order valence-corrected chi connectivity index (χ4v) is 0.754. The van der Waals surface area contributed by atoms with E-state index in [0.29, 0.717) is 11.3 Å². The molecule has 0 spiro atoms. The van der Waals surface area contributed by atoms with Crippen molar-refractivity contribution in [2.45, 2.75) is 48.5 Å². The molecule has 0 aliphatic heterocycles. The van der Waals surface area contributed by atoms with E-state index in [1.165, 1.54) is 6.92 Å². The van der Waals surface area contributed by atoms with Crippen LogP contribution >= 0.6 is 0 Å². The van der Waals surface area contributed by atoms with E-state index < -0.39 is 0 Å². The van der Waals surface area contributed by atoms with Crippen LogP contribution in [0.4, 0.5) is 0 Å². The molecule has 0 amide bonds. The second-order valence-electron chi connectivity index (χ2n) is 3.38. The molecule has 0 aromatic carbocycles. The number of allylic oxidation sites excluding steroid dienone is 3. The second-order valence-corrected chi connectivity index (χ2v) is 3.38. The van der Waals surface area contributed by atoms with E-state index >= 15 is 0 Å². The van der Waals surface area contributed by atoms with E-state index in [-0.39, 0.29) is 5.78 Å². The monoisotopic (exact) mass is 209 g/mol. The fraction of sp³-hybridized carbons (Fsp3) is 0.538. The van der Waals surface area contributed by atoms with Gasteiger partial charge in [-0.2, -0.15) is 0 Å². The van der Waals surface area contributed by atoms with Gasteiger partial charge in [0.25, 0.3) is 0 Å². The molecule has 0 bridgehead atoms. The molecule has 0 radical (unpaired) electrons. The zero-order chi connectivity index (χ0) is 12.6. The van der Waals surface area contributed by atoms with Gasteiger partial charge in [-0.1, -0.05) is 26.0 Å². The van der Waals surface area contributed by atoms with E-state index in [0.717, 1.165) is 11.3 Å². The summed E-state index contributed by atoms with van der Waals surface area (Å²) in [6.07, 6.45) is 0. The molecule has 0 aromatic heterocycles. The third-order valence-electron chi connectivity index (χ3n) is 1.74. The summed E-state index contributed by atoms with van der Waals surface area (Å²) in [6.45, 7) is 16.8. The van der Waals surface area contributed by atoms with E-state index in [1.807, 2.05) is 34.6 Å². The normalized spacial score (nSPS) is 9.93. The van der Waals surface area contributed by atoms with Crippen LogP contribution in [0.5, 0.6) is 0 Å². The lowest BCUT2D eigenvalue weighted by Gasteiger charge is -2.02. The average Bonchev–Trinajstić information content (AvgIpc) is 2.15. The minimum absolute atomic E-state index is 0.0342. The van der Waals surface area contributed by atoms with Crippen molar-refractivity contribution in [1.29, 1.82) is 0 Å². The van der Waals surface area contributed by atoms with Crippen LogP contribution in [0.1, 0.15) is 48.5 Å². The van der Waals surface area contributed by atoms with E-state index in [1.54, 1.807) is 6.92 Å². The molecule has 0 saturated carbocycles. The molecule has 0 aliphatic carbocycles. The molecule has 0 N–H and O–H groups in total. The summed E-state index contributed by atoms with van der Waals surface area (Å²) in [7, 11) is 0. The van der Waals surface area contributed by atoms with Crippen LogP contribution < -0.4 is 0 Å². The topological polar surface area (TPSA) is 29.4 Å². The molecular formula is C13H23NO. The minimum Gasteiger partial charge on any atom is -0.293 e. The Bertz CT molecular complexity index is 276. The number of ketones is 1. The van der Waals surface area contributed by atoms with Crippen LogP contribution in [0.2, 0.25) is 0 Å². The Morgan fingerprint density at radius 2 is 1.40 bits per heavy atom. The number of carbonyl (C=O) groups is 1. The van der Waals surface area contributed by atoms with Crippen molar-refractivity contribution in [2.24, 2.45) is 4.99 Å². The molecule has 0 aliphatic rings. The molecule has 0 aromatic rings. The van der Waals surface area contributed by atoms with Gasteiger partial charge in [0.15, 0.2) is 5.78 Å². The third kappa shape index (κ3) is 6.83. The molecule has 15 heavy (non-hydrogen) atoms. The third-order valence-corrected chi connectivity index (χ3v) is 1.74. The summed E-state index contributed by atoms with van der Waals surface area (Å²) in [5.74, 6) is -0.0342. The first-order chi connectivity index (χ1) is 6.86. The van der Waals surface area contributed by atoms with Gasteiger partial charge in [0.05, 0.1) is 0 Å². The Morgan fingerprint density at radius 1 is 1.00 bits per heavy atom. The largest absolute Gasteiger partial charge is 0.293 e. The van der Waals surface area contributed by atoms with Crippen LogP contribution in [-0.4, -0.2) is 11.5 Å². The van der Waals surface area contributed by atoms with Crippen LogP contribution in [-0.2, 0) is 4.79 Å². The highest BCUT2D eigenvalue weighted by Gasteiger charge is 2.06. The van der Waals surface area contributed by atoms with E-state index in [2.05, 4.69) is 11.6 Å². The number of carbonyl (C=O) groups excluding carboxylic acids is 1. The van der Waals surface area contributed by atoms with Crippen molar-refractivity contribution < 1.29 is 4.79 Å². The van der Waals surface area contributed by atoms with Gasteiger partial charge in [0.1, 0.15) is 5.71 Å². The van der Waals surface area contributed by atoms with Crippen molar-refractivity contribution in [3.63, 3.8) is 0 Å². The van der Waals surface area contributed by atoms with E-state index in [9.17, 15) is 4.79 Å². The van der Waals surface area contributed by atoms with Crippen molar-refractivity contribution >= 4 is 11.5 Å². The van der Waals surface area contributed by atoms with Gasteiger partial charge < -0.3 is 0 Å². The van der Waals surface area contributed by atoms with Gasteiger partial charge >= 0.3 is 0 Å². The quantitative estimate of drug-likeness (QED) is 0.647. The molecule has 0 rings (SSSR count). The number of hydrogen-bond acceptors (Lipinski definition) is 2. The van der Waals surface area contributed by atoms with Gasteiger partial charge in [-0.25, -0.2) is 4.99 Å². The summed E-state index contributed by atoms with van der Waals surface area (Å²) in [6, 6.07) is 0. The molecule has 2 heteroatoms.